The summed E-state index contributed by atoms with van der Waals surface area (Å²) in [5.74, 6) is -0.0996. The normalized spacial score (nSPS) is 14.1. The largest absolute Gasteiger partial charge is 0.490 e. The zero-order valence-corrected chi connectivity index (χ0v) is 25.5. The summed E-state index contributed by atoms with van der Waals surface area (Å²) in [6, 6.07) is 16.0. The lowest BCUT2D eigenvalue weighted by molar-refractivity contribution is -0.127. The van der Waals surface area contributed by atoms with Gasteiger partial charge >= 0.3 is 0 Å². The van der Waals surface area contributed by atoms with E-state index in [0.717, 1.165) is 34.2 Å². The van der Waals surface area contributed by atoms with Crippen LogP contribution in [0.1, 0.15) is 30.5 Å². The lowest BCUT2D eigenvalue weighted by Crippen LogP contribution is -2.36. The van der Waals surface area contributed by atoms with E-state index in [4.69, 9.17) is 32.7 Å². The molecule has 208 valence electrons. The molecule has 11 heteroatoms. The number of hydrogen-bond acceptors (Lipinski definition) is 6. The number of halogens is 3. The lowest BCUT2D eigenvalue weighted by Gasteiger charge is -2.15. The maximum absolute atomic E-state index is 13.0. The van der Waals surface area contributed by atoms with E-state index in [0.29, 0.717) is 43.9 Å². The molecule has 1 heterocycles. The van der Waals surface area contributed by atoms with Crippen molar-refractivity contribution >= 4 is 79.7 Å². The lowest BCUT2D eigenvalue weighted by atomic mass is 10.1. The molecule has 1 saturated heterocycles. The van der Waals surface area contributed by atoms with Crippen molar-refractivity contribution in [3.63, 3.8) is 0 Å². The second-order valence-corrected chi connectivity index (χ2v) is 11.3. The number of hydrogen-bond donors (Lipinski definition) is 1. The highest BCUT2D eigenvalue weighted by Gasteiger charge is 2.36. The first-order valence-corrected chi connectivity index (χ1v) is 14.7. The van der Waals surface area contributed by atoms with Crippen molar-refractivity contribution in [3.8, 4) is 11.5 Å². The van der Waals surface area contributed by atoms with Crippen LogP contribution in [0.4, 0.5) is 10.5 Å². The zero-order valence-electron chi connectivity index (χ0n) is 21.6. The van der Waals surface area contributed by atoms with Crippen LogP contribution in [0.25, 0.3) is 6.08 Å². The van der Waals surface area contributed by atoms with Crippen LogP contribution in [-0.4, -0.2) is 35.1 Å². The summed E-state index contributed by atoms with van der Waals surface area (Å²) in [6.07, 6.45) is 2.47. The number of imide groups is 1. The van der Waals surface area contributed by atoms with Gasteiger partial charge in [-0.1, -0.05) is 48.3 Å². The number of anilines is 1. The van der Waals surface area contributed by atoms with Gasteiger partial charge in [0.25, 0.3) is 11.1 Å². The molecule has 1 N–H and O–H groups in total. The Kier molecular flexibility index (Phi) is 10.2. The Bertz CT molecular complexity index is 1480. The first-order chi connectivity index (χ1) is 19.2. The highest BCUT2D eigenvalue weighted by atomic mass is 79.9. The third-order valence-corrected chi connectivity index (χ3v) is 7.92. The fraction of sp³-hybridized carbons (Fsp3) is 0.207. The number of ether oxygens (including phenoxy) is 2. The first kappa shape index (κ1) is 30.0. The predicted octanol–water partition coefficient (Wildman–Crippen LogP) is 7.97. The molecular weight excluding hydrogens is 639 g/mol. The van der Waals surface area contributed by atoms with E-state index in [-0.39, 0.29) is 18.1 Å². The van der Waals surface area contributed by atoms with Crippen LogP contribution in [0.2, 0.25) is 10.0 Å². The molecule has 0 radical (unpaired) electrons. The number of amides is 3. The number of aryl methyl sites for hydroxylation is 1. The van der Waals surface area contributed by atoms with Gasteiger partial charge in [-0.2, -0.15) is 0 Å². The molecule has 7 nitrogen and oxygen atoms in total. The van der Waals surface area contributed by atoms with E-state index in [1.54, 1.807) is 48.5 Å². The minimum Gasteiger partial charge on any atom is -0.490 e. The van der Waals surface area contributed by atoms with Crippen molar-refractivity contribution in [3.05, 3.63) is 90.7 Å². The quantitative estimate of drug-likeness (QED) is 0.222. The summed E-state index contributed by atoms with van der Waals surface area (Å²) in [6.45, 7) is 4.05. The molecule has 0 bridgehead atoms. The fourth-order valence-corrected chi connectivity index (χ4v) is 5.69. The molecule has 3 amide bonds. The summed E-state index contributed by atoms with van der Waals surface area (Å²) >= 11 is 16.5. The molecule has 0 unspecified atom stereocenters. The zero-order chi connectivity index (χ0) is 28.8. The van der Waals surface area contributed by atoms with E-state index >= 15 is 0 Å². The van der Waals surface area contributed by atoms with Crippen molar-refractivity contribution in [2.45, 2.75) is 26.9 Å². The second kappa shape index (κ2) is 13.6. The van der Waals surface area contributed by atoms with E-state index < -0.39 is 17.1 Å². The topological polar surface area (TPSA) is 84.9 Å². The summed E-state index contributed by atoms with van der Waals surface area (Å²) < 4.78 is 12.4. The number of thioether (sulfide) groups is 1. The van der Waals surface area contributed by atoms with Gasteiger partial charge in [0.15, 0.2) is 11.5 Å². The van der Waals surface area contributed by atoms with Crippen LogP contribution in [0, 0.1) is 0 Å². The Morgan fingerprint density at radius 1 is 1.05 bits per heavy atom. The molecule has 3 aromatic rings. The fourth-order valence-electron chi connectivity index (χ4n) is 3.82. The number of rotatable bonds is 10. The first-order valence-electron chi connectivity index (χ1n) is 12.4. The molecule has 0 aliphatic carbocycles. The van der Waals surface area contributed by atoms with Crippen LogP contribution in [0.15, 0.2) is 64.0 Å². The van der Waals surface area contributed by atoms with E-state index in [2.05, 4.69) is 21.2 Å². The SMILES string of the molecule is CCOc1cc(/C=C2\SC(=O)N(CC(=O)Nc3ccc(CC)cc3)C2=O)cc(Br)c1OCc1ccc(Cl)cc1Cl. The van der Waals surface area contributed by atoms with E-state index in [9.17, 15) is 14.4 Å². The van der Waals surface area contributed by atoms with Gasteiger partial charge in [-0.3, -0.25) is 19.3 Å². The van der Waals surface area contributed by atoms with Crippen LogP contribution in [0.3, 0.4) is 0 Å². The van der Waals surface area contributed by atoms with Crippen LogP contribution in [0.5, 0.6) is 11.5 Å². The Morgan fingerprint density at radius 2 is 1.80 bits per heavy atom. The molecule has 0 saturated carbocycles. The third-order valence-electron chi connectivity index (χ3n) is 5.84. The molecule has 1 aliphatic rings. The van der Waals surface area contributed by atoms with Gasteiger partial charge < -0.3 is 14.8 Å². The van der Waals surface area contributed by atoms with Crippen molar-refractivity contribution in [1.29, 1.82) is 0 Å². The number of nitrogens with one attached hydrogen (secondary N) is 1. The Morgan fingerprint density at radius 3 is 2.48 bits per heavy atom. The number of nitrogens with zero attached hydrogens (tertiary/aromatic N) is 1. The maximum Gasteiger partial charge on any atom is 0.294 e. The summed E-state index contributed by atoms with van der Waals surface area (Å²) in [5.41, 5.74) is 3.09. The minimum atomic E-state index is -0.543. The predicted molar refractivity (Wildman–Crippen MR) is 163 cm³/mol. The van der Waals surface area contributed by atoms with Gasteiger partial charge in [0.1, 0.15) is 13.2 Å². The highest BCUT2D eigenvalue weighted by molar-refractivity contribution is 9.10. The smallest absolute Gasteiger partial charge is 0.294 e. The summed E-state index contributed by atoms with van der Waals surface area (Å²) in [4.78, 5) is 39.3. The molecular formula is C29H25BrCl2N2O5S. The molecule has 3 aromatic carbocycles. The molecule has 0 aromatic heterocycles. The standard InChI is InChI=1S/C29H25BrCl2N2O5S/c1-3-17-5-9-21(10-6-17)33-26(35)15-34-28(36)25(40-29(34)37)13-18-11-22(30)27(24(12-18)38-4-2)39-16-19-7-8-20(31)14-23(19)32/h5-14H,3-4,15-16H2,1-2H3,(H,33,35)/b25-13-. The molecule has 40 heavy (non-hydrogen) atoms. The van der Waals surface area contributed by atoms with Crippen molar-refractivity contribution in [2.24, 2.45) is 0 Å². The van der Waals surface area contributed by atoms with Crippen molar-refractivity contribution < 1.29 is 23.9 Å². The molecule has 0 spiro atoms. The van der Waals surface area contributed by atoms with E-state index in [1.165, 1.54) is 0 Å². The number of carbonyl (C=O) groups is 3. The third kappa shape index (κ3) is 7.40. The maximum atomic E-state index is 13.0. The van der Waals surface area contributed by atoms with Crippen molar-refractivity contribution in [2.75, 3.05) is 18.5 Å². The van der Waals surface area contributed by atoms with Gasteiger partial charge in [-0.15, -0.1) is 0 Å². The summed E-state index contributed by atoms with van der Waals surface area (Å²) in [7, 11) is 0. The average molecular weight is 664 g/mol. The van der Waals surface area contributed by atoms with Crippen LogP contribution in [-0.2, 0) is 22.6 Å². The van der Waals surface area contributed by atoms with Gasteiger partial charge in [0.05, 0.1) is 16.0 Å². The molecule has 0 atom stereocenters. The number of benzene rings is 3. The Labute approximate surface area is 254 Å². The Hall–Kier alpha value is -2.98. The van der Waals surface area contributed by atoms with Crippen LogP contribution >= 0.6 is 50.9 Å². The highest BCUT2D eigenvalue weighted by Crippen LogP contribution is 2.40. The van der Waals surface area contributed by atoms with Gasteiger partial charge in [0, 0.05) is 21.3 Å². The molecule has 4 rings (SSSR count). The summed E-state index contributed by atoms with van der Waals surface area (Å²) in [5, 5.41) is 3.22. The van der Waals surface area contributed by atoms with Crippen molar-refractivity contribution in [1.82, 2.24) is 4.90 Å². The van der Waals surface area contributed by atoms with Crippen LogP contribution < -0.4 is 14.8 Å². The molecule has 1 aliphatic heterocycles. The Balaban J connectivity index is 1.48. The minimum absolute atomic E-state index is 0.178. The molecule has 1 fully saturated rings. The van der Waals surface area contributed by atoms with E-state index in [1.807, 2.05) is 26.0 Å². The van der Waals surface area contributed by atoms with Gasteiger partial charge in [-0.25, -0.2) is 0 Å². The van der Waals surface area contributed by atoms with Gasteiger partial charge in [0.2, 0.25) is 5.91 Å². The van der Waals surface area contributed by atoms with Gasteiger partial charge in [-0.05, 0) is 94.6 Å². The monoisotopic (exact) mass is 662 g/mol. The second-order valence-electron chi connectivity index (χ2n) is 8.65. The average Bonchev–Trinajstić information content (AvgIpc) is 3.17. The number of carbonyl (C=O) groups excluding carboxylic acids is 3.